The third-order valence-electron chi connectivity index (χ3n) is 3.54. The maximum absolute atomic E-state index is 13.0. The van der Waals surface area contributed by atoms with Gasteiger partial charge in [0, 0.05) is 16.0 Å². The van der Waals surface area contributed by atoms with Crippen LogP contribution in [0.25, 0.3) is 16.6 Å². The van der Waals surface area contributed by atoms with Crippen LogP contribution in [0.2, 0.25) is 5.02 Å². The molecule has 3 rings (SSSR count). The number of hydrogen-bond acceptors (Lipinski definition) is 3. The van der Waals surface area contributed by atoms with Crippen molar-refractivity contribution in [1.82, 2.24) is 9.55 Å². The number of fused-ring (bicyclic) bond motifs is 1. The van der Waals surface area contributed by atoms with Crippen LogP contribution in [0.4, 0.5) is 5.69 Å². The molecule has 0 radical (unpaired) electrons. The van der Waals surface area contributed by atoms with Gasteiger partial charge < -0.3 is 5.32 Å². The van der Waals surface area contributed by atoms with Crippen LogP contribution < -0.4 is 10.9 Å². The summed E-state index contributed by atoms with van der Waals surface area (Å²) in [6, 6.07) is 9.05. The number of anilines is 1. The van der Waals surface area contributed by atoms with Gasteiger partial charge in [-0.05, 0) is 53.2 Å². The summed E-state index contributed by atoms with van der Waals surface area (Å²) < 4.78 is 3.18. The minimum absolute atomic E-state index is 0.126. The second-order valence-corrected chi connectivity index (χ2v) is 7.17. The molecule has 1 N–H and O–H groups in total. The maximum atomic E-state index is 13.0. The van der Waals surface area contributed by atoms with E-state index in [1.165, 1.54) is 0 Å². The van der Waals surface area contributed by atoms with Crippen LogP contribution >= 0.6 is 43.5 Å². The topological polar surface area (TPSA) is 46.9 Å². The first-order valence-corrected chi connectivity index (χ1v) is 8.75. The van der Waals surface area contributed by atoms with Gasteiger partial charge in [-0.3, -0.25) is 9.36 Å². The molecule has 1 heterocycles. The van der Waals surface area contributed by atoms with Gasteiger partial charge in [0.15, 0.2) is 0 Å². The number of benzene rings is 2. The van der Waals surface area contributed by atoms with Crippen molar-refractivity contribution >= 4 is 60.1 Å². The first-order chi connectivity index (χ1) is 10.9. The normalized spacial score (nSPS) is 11.0. The smallest absolute Gasteiger partial charge is 0.266 e. The predicted molar refractivity (Wildman–Crippen MR) is 102 cm³/mol. The Balaban J connectivity index is 2.36. The first-order valence-electron chi connectivity index (χ1n) is 6.78. The number of hydrogen-bond donors (Lipinski definition) is 1. The summed E-state index contributed by atoms with van der Waals surface area (Å²) in [7, 11) is 1.79. The minimum Gasteiger partial charge on any atom is -0.387 e. The lowest BCUT2D eigenvalue weighted by atomic mass is 10.2. The Morgan fingerprint density at radius 2 is 1.96 bits per heavy atom. The van der Waals surface area contributed by atoms with Crippen molar-refractivity contribution < 1.29 is 0 Å². The van der Waals surface area contributed by atoms with E-state index in [-0.39, 0.29) is 5.56 Å². The van der Waals surface area contributed by atoms with Gasteiger partial charge in [0.1, 0.15) is 5.82 Å². The molecule has 0 spiro atoms. The number of rotatable bonds is 2. The zero-order valence-corrected chi connectivity index (χ0v) is 16.3. The van der Waals surface area contributed by atoms with E-state index in [4.69, 9.17) is 11.6 Å². The molecule has 0 unspecified atom stereocenters. The van der Waals surface area contributed by atoms with E-state index >= 15 is 0 Å². The maximum Gasteiger partial charge on any atom is 0.266 e. The second-order valence-electron chi connectivity index (χ2n) is 5.00. The molecule has 4 nitrogen and oxygen atoms in total. The summed E-state index contributed by atoms with van der Waals surface area (Å²) >= 11 is 13.0. The van der Waals surface area contributed by atoms with Crippen LogP contribution in [0, 0.1) is 6.92 Å². The number of nitrogens with one attached hydrogen (secondary N) is 1. The Morgan fingerprint density at radius 3 is 2.65 bits per heavy atom. The van der Waals surface area contributed by atoms with E-state index in [0.29, 0.717) is 27.4 Å². The summed E-state index contributed by atoms with van der Waals surface area (Å²) in [6.07, 6.45) is 0. The molecule has 3 aromatic rings. The highest BCUT2D eigenvalue weighted by molar-refractivity contribution is 9.11. The molecule has 0 atom stereocenters. The highest BCUT2D eigenvalue weighted by atomic mass is 79.9. The fraction of sp³-hybridized carbons (Fsp3) is 0.125. The van der Waals surface area contributed by atoms with Crippen molar-refractivity contribution in [2.45, 2.75) is 6.92 Å². The molecule has 0 saturated heterocycles. The Morgan fingerprint density at radius 1 is 1.22 bits per heavy atom. The van der Waals surface area contributed by atoms with Crippen LogP contribution in [0.1, 0.15) is 5.82 Å². The third-order valence-corrected chi connectivity index (χ3v) is 4.93. The van der Waals surface area contributed by atoms with E-state index in [1.54, 1.807) is 29.8 Å². The van der Waals surface area contributed by atoms with Gasteiger partial charge in [-0.2, -0.15) is 0 Å². The Kier molecular flexibility index (Phi) is 4.49. The molecule has 0 aliphatic heterocycles. The average molecular weight is 458 g/mol. The zero-order chi connectivity index (χ0) is 16.7. The predicted octanol–water partition coefficient (Wildman–Crippen LogP) is 4.91. The van der Waals surface area contributed by atoms with E-state index in [2.05, 4.69) is 42.2 Å². The molecule has 7 heteroatoms. The van der Waals surface area contributed by atoms with Crippen molar-refractivity contribution in [1.29, 1.82) is 0 Å². The fourth-order valence-corrected chi connectivity index (χ4v) is 4.00. The van der Waals surface area contributed by atoms with E-state index in [0.717, 1.165) is 14.6 Å². The van der Waals surface area contributed by atoms with E-state index in [9.17, 15) is 4.79 Å². The summed E-state index contributed by atoms with van der Waals surface area (Å²) in [6.45, 7) is 1.81. The summed E-state index contributed by atoms with van der Waals surface area (Å²) in [5, 5.41) is 4.15. The van der Waals surface area contributed by atoms with Crippen molar-refractivity contribution in [3.8, 4) is 5.69 Å². The molecule has 0 bridgehead atoms. The standard InChI is InChI=1S/C16H12Br2ClN3O/c1-8-21-15-11(5-9(17)6-12(15)18)16(23)22(8)10-3-4-13(19)14(7-10)20-2/h3-7,20H,1-2H3. The molecule has 0 aliphatic carbocycles. The lowest BCUT2D eigenvalue weighted by molar-refractivity contribution is 0.894. The summed E-state index contributed by atoms with van der Waals surface area (Å²) in [5.74, 6) is 0.606. The van der Waals surface area contributed by atoms with Crippen LogP contribution in [-0.2, 0) is 0 Å². The van der Waals surface area contributed by atoms with Gasteiger partial charge in [-0.25, -0.2) is 4.98 Å². The number of aromatic nitrogens is 2. The Labute approximate surface area is 154 Å². The van der Waals surface area contributed by atoms with Gasteiger partial charge in [-0.1, -0.05) is 27.5 Å². The largest absolute Gasteiger partial charge is 0.387 e. The summed E-state index contributed by atoms with van der Waals surface area (Å²) in [4.78, 5) is 17.5. The molecule has 0 aliphatic rings. The van der Waals surface area contributed by atoms with E-state index < -0.39 is 0 Å². The lowest BCUT2D eigenvalue weighted by Crippen LogP contribution is -2.22. The van der Waals surface area contributed by atoms with Crippen molar-refractivity contribution in [2.24, 2.45) is 0 Å². The lowest BCUT2D eigenvalue weighted by Gasteiger charge is -2.13. The molecule has 118 valence electrons. The molecule has 0 fully saturated rings. The minimum atomic E-state index is -0.126. The number of nitrogens with zero attached hydrogens (tertiary/aromatic N) is 2. The van der Waals surface area contributed by atoms with E-state index in [1.807, 2.05) is 19.1 Å². The monoisotopic (exact) mass is 455 g/mol. The molecular weight excluding hydrogens is 445 g/mol. The van der Waals surface area contributed by atoms with Gasteiger partial charge in [0.25, 0.3) is 5.56 Å². The van der Waals surface area contributed by atoms with Crippen LogP contribution in [0.15, 0.2) is 44.1 Å². The summed E-state index contributed by atoms with van der Waals surface area (Å²) in [5.41, 5.74) is 1.99. The average Bonchev–Trinajstić information content (AvgIpc) is 2.50. The Bertz CT molecular complexity index is 985. The zero-order valence-electron chi connectivity index (χ0n) is 12.3. The van der Waals surface area contributed by atoms with Gasteiger partial charge >= 0.3 is 0 Å². The molecule has 0 amide bonds. The van der Waals surface area contributed by atoms with Gasteiger partial charge in [0.2, 0.25) is 0 Å². The number of aryl methyl sites for hydroxylation is 1. The molecular formula is C16H12Br2ClN3O. The SMILES string of the molecule is CNc1cc(-n2c(C)nc3c(Br)cc(Br)cc3c2=O)ccc1Cl. The quantitative estimate of drug-likeness (QED) is 0.595. The molecule has 23 heavy (non-hydrogen) atoms. The fourth-order valence-electron chi connectivity index (χ4n) is 2.47. The number of halogens is 3. The van der Waals surface area contributed by atoms with Crippen molar-refractivity contribution in [3.63, 3.8) is 0 Å². The second kappa shape index (κ2) is 6.26. The molecule has 0 saturated carbocycles. The first kappa shape index (κ1) is 16.5. The van der Waals surface area contributed by atoms with Crippen LogP contribution in [-0.4, -0.2) is 16.6 Å². The van der Waals surface area contributed by atoms with Crippen LogP contribution in [0.5, 0.6) is 0 Å². The van der Waals surface area contributed by atoms with Crippen molar-refractivity contribution in [3.05, 3.63) is 60.5 Å². The highest BCUT2D eigenvalue weighted by Gasteiger charge is 2.13. The highest BCUT2D eigenvalue weighted by Crippen LogP contribution is 2.27. The Hall–Kier alpha value is -1.37. The van der Waals surface area contributed by atoms with Crippen molar-refractivity contribution in [2.75, 3.05) is 12.4 Å². The van der Waals surface area contributed by atoms with Crippen LogP contribution in [0.3, 0.4) is 0 Å². The van der Waals surface area contributed by atoms with Gasteiger partial charge in [0.05, 0.1) is 27.3 Å². The molecule has 1 aromatic heterocycles. The molecule has 2 aromatic carbocycles. The van der Waals surface area contributed by atoms with Gasteiger partial charge in [-0.15, -0.1) is 0 Å². The third kappa shape index (κ3) is 2.91.